The SMILES string of the molecule is CS(=O)(=O)OCc1cccc(Cl)c1Sc1ccc(Br)cc1C1OC=CO1. The molecule has 1 heterocycles. The smallest absolute Gasteiger partial charge is 0.267 e. The highest BCUT2D eigenvalue weighted by Crippen LogP contribution is 2.42. The molecule has 0 radical (unpaired) electrons. The van der Waals surface area contributed by atoms with Crippen LogP contribution in [-0.2, 0) is 30.4 Å². The van der Waals surface area contributed by atoms with Gasteiger partial charge in [0.15, 0.2) is 0 Å². The highest BCUT2D eigenvalue weighted by atomic mass is 79.9. The number of benzene rings is 2. The third-order valence-electron chi connectivity index (χ3n) is 3.37. The topological polar surface area (TPSA) is 61.8 Å². The number of halogens is 2. The monoisotopic (exact) mass is 476 g/mol. The van der Waals surface area contributed by atoms with Gasteiger partial charge in [0.1, 0.15) is 12.5 Å². The Morgan fingerprint density at radius 1 is 1.23 bits per heavy atom. The molecule has 138 valence electrons. The Morgan fingerprint density at radius 3 is 2.65 bits per heavy atom. The second kappa shape index (κ2) is 8.22. The second-order valence-electron chi connectivity index (χ2n) is 5.35. The van der Waals surface area contributed by atoms with Gasteiger partial charge < -0.3 is 9.47 Å². The largest absolute Gasteiger partial charge is 0.455 e. The van der Waals surface area contributed by atoms with Crippen molar-refractivity contribution >= 4 is 49.4 Å². The maximum absolute atomic E-state index is 11.3. The van der Waals surface area contributed by atoms with E-state index in [2.05, 4.69) is 15.9 Å². The maximum Gasteiger partial charge on any atom is 0.267 e. The van der Waals surface area contributed by atoms with E-state index in [0.29, 0.717) is 15.5 Å². The van der Waals surface area contributed by atoms with Crippen LogP contribution >= 0.6 is 39.3 Å². The Bertz CT molecular complexity index is 938. The lowest BCUT2D eigenvalue weighted by molar-refractivity contribution is -0.0266. The van der Waals surface area contributed by atoms with E-state index in [0.717, 1.165) is 21.2 Å². The molecular weight excluding hydrogens is 464 g/mol. The van der Waals surface area contributed by atoms with Crippen molar-refractivity contribution in [1.29, 1.82) is 0 Å². The molecule has 0 saturated carbocycles. The molecule has 0 aliphatic carbocycles. The van der Waals surface area contributed by atoms with Crippen LogP contribution in [0.2, 0.25) is 5.02 Å². The van der Waals surface area contributed by atoms with E-state index in [1.807, 2.05) is 18.2 Å². The first-order valence-electron chi connectivity index (χ1n) is 7.38. The van der Waals surface area contributed by atoms with Crippen LogP contribution in [-0.4, -0.2) is 14.7 Å². The van der Waals surface area contributed by atoms with Crippen LogP contribution in [0.4, 0.5) is 0 Å². The molecule has 1 aliphatic rings. The summed E-state index contributed by atoms with van der Waals surface area (Å²) in [4.78, 5) is 1.59. The molecule has 1 aliphatic heterocycles. The van der Waals surface area contributed by atoms with Gasteiger partial charge in [0.25, 0.3) is 16.4 Å². The van der Waals surface area contributed by atoms with E-state index in [9.17, 15) is 8.42 Å². The van der Waals surface area contributed by atoms with E-state index >= 15 is 0 Å². The molecule has 9 heteroatoms. The van der Waals surface area contributed by atoms with Crippen molar-refractivity contribution in [3.63, 3.8) is 0 Å². The van der Waals surface area contributed by atoms with Crippen LogP contribution < -0.4 is 0 Å². The average Bonchev–Trinajstić information content (AvgIpc) is 3.10. The number of rotatable bonds is 6. The quantitative estimate of drug-likeness (QED) is 0.530. The van der Waals surface area contributed by atoms with Crippen molar-refractivity contribution in [3.8, 4) is 0 Å². The molecular formula is C17H14BrClO5S2. The summed E-state index contributed by atoms with van der Waals surface area (Å²) < 4.78 is 39.4. The predicted octanol–water partition coefficient (Wildman–Crippen LogP) is 5.25. The van der Waals surface area contributed by atoms with E-state index < -0.39 is 16.4 Å². The standard InChI is InChI=1S/C17H14BrClO5S2/c1-26(20,21)24-10-11-3-2-4-14(19)16(11)25-15-6-5-12(18)9-13(15)17-22-7-8-23-17/h2-9,17H,10H2,1H3. The van der Waals surface area contributed by atoms with Gasteiger partial charge in [0.05, 0.1) is 17.9 Å². The zero-order chi connectivity index (χ0) is 18.7. The minimum atomic E-state index is -3.56. The number of ether oxygens (including phenoxy) is 2. The summed E-state index contributed by atoms with van der Waals surface area (Å²) in [5.74, 6) is 0. The third-order valence-corrected chi connectivity index (χ3v) is 6.12. The molecule has 0 aromatic heterocycles. The third kappa shape index (κ3) is 4.95. The van der Waals surface area contributed by atoms with Gasteiger partial charge in [-0.1, -0.05) is 51.4 Å². The highest BCUT2D eigenvalue weighted by molar-refractivity contribution is 9.10. The fourth-order valence-electron chi connectivity index (χ4n) is 2.24. The van der Waals surface area contributed by atoms with E-state index in [1.54, 1.807) is 18.2 Å². The predicted molar refractivity (Wildman–Crippen MR) is 103 cm³/mol. The van der Waals surface area contributed by atoms with Gasteiger partial charge in [-0.15, -0.1) is 0 Å². The van der Waals surface area contributed by atoms with Crippen molar-refractivity contribution in [2.45, 2.75) is 22.7 Å². The molecule has 3 rings (SSSR count). The first-order valence-corrected chi connectivity index (χ1v) is 11.2. The lowest BCUT2D eigenvalue weighted by Crippen LogP contribution is -2.04. The van der Waals surface area contributed by atoms with E-state index in [-0.39, 0.29) is 6.61 Å². The fraction of sp³-hybridized carbons (Fsp3) is 0.176. The fourth-order valence-corrected chi connectivity index (χ4v) is 4.33. The van der Waals surface area contributed by atoms with Crippen molar-refractivity contribution in [2.24, 2.45) is 0 Å². The Hall–Kier alpha value is -1.19. The molecule has 2 aromatic rings. The minimum absolute atomic E-state index is 0.0917. The van der Waals surface area contributed by atoms with Crippen LogP contribution in [0.15, 0.2) is 63.2 Å². The van der Waals surface area contributed by atoms with Crippen LogP contribution in [0.1, 0.15) is 17.4 Å². The first kappa shape index (κ1) is 19.6. The van der Waals surface area contributed by atoms with Crippen LogP contribution in [0, 0.1) is 0 Å². The van der Waals surface area contributed by atoms with Crippen LogP contribution in [0.5, 0.6) is 0 Å². The lowest BCUT2D eigenvalue weighted by Gasteiger charge is -2.17. The summed E-state index contributed by atoms with van der Waals surface area (Å²) in [5.41, 5.74) is 1.50. The van der Waals surface area contributed by atoms with Gasteiger partial charge in [-0.3, -0.25) is 4.18 Å². The molecule has 2 aromatic carbocycles. The first-order chi connectivity index (χ1) is 12.3. The Labute approximate surface area is 169 Å². The molecule has 0 spiro atoms. The molecule has 0 atom stereocenters. The lowest BCUT2D eigenvalue weighted by atomic mass is 10.2. The molecule has 26 heavy (non-hydrogen) atoms. The molecule has 0 fully saturated rings. The van der Waals surface area contributed by atoms with Crippen LogP contribution in [0.3, 0.4) is 0 Å². The zero-order valence-corrected chi connectivity index (χ0v) is 17.5. The second-order valence-corrected chi connectivity index (χ2v) is 9.37. The highest BCUT2D eigenvalue weighted by Gasteiger charge is 2.22. The molecule has 0 saturated heterocycles. The summed E-state index contributed by atoms with van der Waals surface area (Å²) in [6.07, 6.45) is 3.44. The zero-order valence-electron chi connectivity index (χ0n) is 13.5. The van der Waals surface area contributed by atoms with Crippen molar-refractivity contribution in [3.05, 3.63) is 69.5 Å². The maximum atomic E-state index is 11.3. The number of hydrogen-bond donors (Lipinski definition) is 0. The van der Waals surface area contributed by atoms with Gasteiger partial charge in [-0.2, -0.15) is 8.42 Å². The van der Waals surface area contributed by atoms with Gasteiger partial charge >= 0.3 is 0 Å². The van der Waals surface area contributed by atoms with E-state index in [1.165, 1.54) is 24.3 Å². The Balaban J connectivity index is 1.94. The molecule has 0 amide bonds. The van der Waals surface area contributed by atoms with Gasteiger partial charge in [0, 0.05) is 19.8 Å². The van der Waals surface area contributed by atoms with Gasteiger partial charge in [-0.25, -0.2) is 0 Å². The van der Waals surface area contributed by atoms with Gasteiger partial charge in [0.2, 0.25) is 0 Å². The summed E-state index contributed by atoms with van der Waals surface area (Å²) in [6, 6.07) is 11.0. The molecule has 0 unspecified atom stereocenters. The minimum Gasteiger partial charge on any atom is -0.455 e. The van der Waals surface area contributed by atoms with Gasteiger partial charge in [-0.05, 0) is 29.8 Å². The van der Waals surface area contributed by atoms with Crippen molar-refractivity contribution in [1.82, 2.24) is 0 Å². The summed E-state index contributed by atoms with van der Waals surface area (Å²) in [6.45, 7) is -0.0917. The van der Waals surface area contributed by atoms with Crippen LogP contribution in [0.25, 0.3) is 0 Å². The normalized spacial score (nSPS) is 14.3. The van der Waals surface area contributed by atoms with Crippen molar-refractivity contribution in [2.75, 3.05) is 6.26 Å². The average molecular weight is 478 g/mol. The molecule has 0 bridgehead atoms. The molecule has 0 N–H and O–H groups in total. The number of hydrogen-bond acceptors (Lipinski definition) is 6. The summed E-state index contributed by atoms with van der Waals surface area (Å²) in [5, 5.41) is 0.504. The summed E-state index contributed by atoms with van der Waals surface area (Å²) >= 11 is 11.2. The van der Waals surface area contributed by atoms with Crippen molar-refractivity contribution < 1.29 is 22.1 Å². The Morgan fingerprint density at radius 2 is 1.96 bits per heavy atom. The summed E-state index contributed by atoms with van der Waals surface area (Å²) in [7, 11) is -3.56. The Kier molecular flexibility index (Phi) is 6.19. The van der Waals surface area contributed by atoms with E-state index in [4.69, 9.17) is 25.3 Å². The molecule has 5 nitrogen and oxygen atoms in total.